The van der Waals surface area contributed by atoms with E-state index in [0.717, 1.165) is 42.7 Å². The van der Waals surface area contributed by atoms with Crippen molar-refractivity contribution in [3.63, 3.8) is 0 Å². The molecule has 0 fully saturated rings. The van der Waals surface area contributed by atoms with E-state index < -0.39 is 11.9 Å². The minimum Gasteiger partial charge on any atom is -0.494 e. The standard InChI is InChI=1S/C22H31N5O2S/c1-4-6-8-13-29-17-11-9-16(10-12-17)19-18(20(23)28)15(3)24-21-25-22(26-27(19)21)30-14-7-5-2/h9-12,19H,4-8,13-14H2,1-3H3,(H2,23,28)(H,24,25,26). The van der Waals surface area contributed by atoms with E-state index in [1.807, 2.05) is 31.2 Å². The molecule has 3 rings (SSSR count). The van der Waals surface area contributed by atoms with Crippen LogP contribution in [0.15, 0.2) is 40.7 Å². The first-order valence-electron chi connectivity index (χ1n) is 10.6. The summed E-state index contributed by atoms with van der Waals surface area (Å²) < 4.78 is 7.58. The SMILES string of the molecule is CCCCCOc1ccc(C2C(C(N)=O)=C(C)Nc3nc(SCCCC)nn32)cc1. The van der Waals surface area contributed by atoms with E-state index in [2.05, 4.69) is 29.2 Å². The van der Waals surface area contributed by atoms with Crippen molar-refractivity contribution in [2.75, 3.05) is 17.7 Å². The van der Waals surface area contributed by atoms with Crippen molar-refractivity contribution in [2.45, 2.75) is 64.1 Å². The minimum absolute atomic E-state index is 0.416. The highest BCUT2D eigenvalue weighted by atomic mass is 32.2. The summed E-state index contributed by atoms with van der Waals surface area (Å²) in [5.41, 5.74) is 7.86. The number of primary amides is 1. The maximum absolute atomic E-state index is 12.3. The van der Waals surface area contributed by atoms with Gasteiger partial charge in [-0.05, 0) is 37.5 Å². The monoisotopic (exact) mass is 429 g/mol. The van der Waals surface area contributed by atoms with Crippen molar-refractivity contribution < 1.29 is 9.53 Å². The van der Waals surface area contributed by atoms with Crippen molar-refractivity contribution >= 4 is 23.6 Å². The number of carbonyl (C=O) groups is 1. The number of benzene rings is 1. The number of anilines is 1. The fourth-order valence-electron chi connectivity index (χ4n) is 3.42. The van der Waals surface area contributed by atoms with E-state index in [0.29, 0.717) is 29.0 Å². The number of carbonyl (C=O) groups excluding carboxylic acids is 1. The maximum Gasteiger partial charge on any atom is 0.248 e. The largest absolute Gasteiger partial charge is 0.494 e. The molecule has 0 saturated heterocycles. The minimum atomic E-state index is -0.466. The van der Waals surface area contributed by atoms with Crippen LogP contribution in [0.25, 0.3) is 0 Å². The van der Waals surface area contributed by atoms with Crippen LogP contribution in [-0.4, -0.2) is 33.0 Å². The normalized spacial score (nSPS) is 15.6. The van der Waals surface area contributed by atoms with Gasteiger partial charge in [0, 0.05) is 11.4 Å². The molecule has 0 aliphatic carbocycles. The Morgan fingerprint density at radius 2 is 1.93 bits per heavy atom. The van der Waals surface area contributed by atoms with Crippen LogP contribution in [0.4, 0.5) is 5.95 Å². The highest BCUT2D eigenvalue weighted by Gasteiger charge is 2.33. The summed E-state index contributed by atoms with van der Waals surface area (Å²) in [6, 6.07) is 7.39. The van der Waals surface area contributed by atoms with E-state index in [1.165, 1.54) is 6.42 Å². The summed E-state index contributed by atoms with van der Waals surface area (Å²) in [6.07, 6.45) is 5.60. The van der Waals surface area contributed by atoms with Crippen molar-refractivity contribution in [1.82, 2.24) is 14.8 Å². The Morgan fingerprint density at radius 3 is 2.60 bits per heavy atom. The molecule has 2 heterocycles. The molecule has 1 aliphatic heterocycles. The molecule has 1 aliphatic rings. The Labute approximate surface area is 182 Å². The molecule has 8 heteroatoms. The van der Waals surface area contributed by atoms with Crippen LogP contribution in [0, 0.1) is 0 Å². The lowest BCUT2D eigenvalue weighted by Gasteiger charge is -2.27. The summed E-state index contributed by atoms with van der Waals surface area (Å²) in [6.45, 7) is 6.89. The van der Waals surface area contributed by atoms with Gasteiger partial charge in [0.15, 0.2) is 0 Å². The van der Waals surface area contributed by atoms with Crippen molar-refractivity contribution in [3.8, 4) is 5.75 Å². The molecule has 1 atom stereocenters. The topological polar surface area (TPSA) is 95.1 Å². The number of nitrogens with one attached hydrogen (secondary N) is 1. The van der Waals surface area contributed by atoms with E-state index in [1.54, 1.807) is 16.4 Å². The molecular weight excluding hydrogens is 398 g/mol. The number of fused-ring (bicyclic) bond motifs is 1. The molecule has 7 nitrogen and oxygen atoms in total. The second-order valence-corrected chi connectivity index (χ2v) is 8.48. The van der Waals surface area contributed by atoms with Gasteiger partial charge < -0.3 is 15.8 Å². The molecule has 0 radical (unpaired) electrons. The Hall–Kier alpha value is -2.48. The number of ether oxygens (including phenoxy) is 1. The zero-order chi connectivity index (χ0) is 21.5. The predicted octanol–water partition coefficient (Wildman–Crippen LogP) is 4.51. The van der Waals surface area contributed by atoms with E-state index in [9.17, 15) is 4.79 Å². The Balaban J connectivity index is 1.86. The Bertz CT molecular complexity index is 891. The van der Waals surface area contributed by atoms with E-state index in [4.69, 9.17) is 10.5 Å². The van der Waals surface area contributed by atoms with Gasteiger partial charge in [-0.25, -0.2) is 4.68 Å². The fourth-order valence-corrected chi connectivity index (χ4v) is 4.33. The molecule has 2 aromatic rings. The second kappa shape index (κ2) is 10.5. The number of rotatable bonds is 11. The third kappa shape index (κ3) is 5.16. The van der Waals surface area contributed by atoms with Gasteiger partial charge in [0.25, 0.3) is 0 Å². The average molecular weight is 430 g/mol. The lowest BCUT2D eigenvalue weighted by Crippen LogP contribution is -2.31. The maximum atomic E-state index is 12.3. The number of nitrogens with two attached hydrogens (primary N) is 1. The molecule has 1 aromatic heterocycles. The number of unbranched alkanes of at least 4 members (excludes halogenated alkanes) is 3. The van der Waals surface area contributed by atoms with Gasteiger partial charge in [-0.3, -0.25) is 4.79 Å². The first-order valence-corrected chi connectivity index (χ1v) is 11.6. The highest BCUT2D eigenvalue weighted by Crippen LogP contribution is 2.36. The van der Waals surface area contributed by atoms with Crippen LogP contribution >= 0.6 is 11.8 Å². The Kier molecular flexibility index (Phi) is 7.79. The number of hydrogen-bond acceptors (Lipinski definition) is 6. The van der Waals surface area contributed by atoms with Gasteiger partial charge in [0.05, 0.1) is 12.2 Å². The van der Waals surface area contributed by atoms with Crippen molar-refractivity contribution in [2.24, 2.45) is 5.73 Å². The number of amides is 1. The molecule has 0 bridgehead atoms. The number of aromatic nitrogens is 3. The first-order chi connectivity index (χ1) is 14.5. The zero-order valence-electron chi connectivity index (χ0n) is 18.0. The van der Waals surface area contributed by atoms with Gasteiger partial charge in [-0.2, -0.15) is 4.98 Å². The average Bonchev–Trinajstić information content (AvgIpc) is 3.13. The summed E-state index contributed by atoms with van der Waals surface area (Å²) >= 11 is 1.62. The van der Waals surface area contributed by atoms with Crippen LogP contribution in [0.2, 0.25) is 0 Å². The summed E-state index contributed by atoms with van der Waals surface area (Å²) in [4.78, 5) is 16.9. The van der Waals surface area contributed by atoms with Crippen molar-refractivity contribution in [3.05, 3.63) is 41.1 Å². The number of hydrogen-bond donors (Lipinski definition) is 2. The molecular formula is C22H31N5O2S. The van der Waals surface area contributed by atoms with Crippen molar-refractivity contribution in [1.29, 1.82) is 0 Å². The second-order valence-electron chi connectivity index (χ2n) is 7.42. The zero-order valence-corrected chi connectivity index (χ0v) is 18.8. The molecule has 3 N–H and O–H groups in total. The number of nitrogens with zero attached hydrogens (tertiary/aromatic N) is 3. The van der Waals surface area contributed by atoms with Crippen LogP contribution < -0.4 is 15.8 Å². The molecule has 162 valence electrons. The van der Waals surface area contributed by atoms with E-state index >= 15 is 0 Å². The van der Waals surface area contributed by atoms with Crippen LogP contribution in [-0.2, 0) is 4.79 Å². The summed E-state index contributed by atoms with van der Waals surface area (Å²) in [7, 11) is 0. The lowest BCUT2D eigenvalue weighted by molar-refractivity contribution is -0.115. The number of thioether (sulfide) groups is 1. The summed E-state index contributed by atoms with van der Waals surface area (Å²) in [5, 5.41) is 8.56. The van der Waals surface area contributed by atoms with E-state index in [-0.39, 0.29) is 0 Å². The molecule has 1 aromatic carbocycles. The van der Waals surface area contributed by atoms with Gasteiger partial charge in [0.1, 0.15) is 11.8 Å². The van der Waals surface area contributed by atoms with Gasteiger partial charge >= 0.3 is 0 Å². The molecule has 1 unspecified atom stereocenters. The third-order valence-electron chi connectivity index (χ3n) is 5.04. The third-order valence-corrected chi connectivity index (χ3v) is 5.96. The fraction of sp³-hybridized carbons (Fsp3) is 0.500. The lowest BCUT2D eigenvalue weighted by atomic mass is 9.95. The predicted molar refractivity (Wildman–Crippen MR) is 121 cm³/mol. The van der Waals surface area contributed by atoms with Gasteiger partial charge in [-0.1, -0.05) is 57.0 Å². The smallest absolute Gasteiger partial charge is 0.248 e. The highest BCUT2D eigenvalue weighted by molar-refractivity contribution is 7.99. The molecule has 1 amide bonds. The first kappa shape index (κ1) is 22.2. The van der Waals surface area contributed by atoms with Gasteiger partial charge in [-0.15, -0.1) is 5.10 Å². The molecule has 0 spiro atoms. The van der Waals surface area contributed by atoms with Crippen LogP contribution in [0.1, 0.15) is 64.5 Å². The van der Waals surface area contributed by atoms with Crippen LogP contribution in [0.3, 0.4) is 0 Å². The summed E-state index contributed by atoms with van der Waals surface area (Å²) in [5.74, 6) is 1.94. The number of allylic oxidation sites excluding steroid dienone is 1. The quantitative estimate of drug-likeness (QED) is 0.403. The van der Waals surface area contributed by atoms with Gasteiger partial charge in [0.2, 0.25) is 17.0 Å². The Morgan fingerprint density at radius 1 is 1.20 bits per heavy atom. The van der Waals surface area contributed by atoms with Crippen LogP contribution in [0.5, 0.6) is 5.75 Å². The molecule has 30 heavy (non-hydrogen) atoms. The molecule has 0 saturated carbocycles.